The van der Waals surface area contributed by atoms with Crippen LogP contribution in [-0.2, 0) is 4.79 Å². The molecule has 0 saturated carbocycles. The van der Waals surface area contributed by atoms with E-state index in [2.05, 4.69) is 0 Å². The third-order valence-corrected chi connectivity index (χ3v) is 2.12. The SMILES string of the molecule is N#CCCC1CCC(N)=CC1=O. The Morgan fingerprint density at radius 1 is 1.75 bits per heavy atom. The Labute approximate surface area is 71.9 Å². The van der Waals surface area contributed by atoms with Gasteiger partial charge in [-0.05, 0) is 19.3 Å². The average molecular weight is 164 g/mol. The molecular weight excluding hydrogens is 152 g/mol. The summed E-state index contributed by atoms with van der Waals surface area (Å²) in [5.41, 5.74) is 6.17. The van der Waals surface area contributed by atoms with Crippen LogP contribution in [0.1, 0.15) is 25.7 Å². The van der Waals surface area contributed by atoms with Crippen LogP contribution < -0.4 is 5.73 Å². The number of carbonyl (C=O) groups excluding carboxylic acids is 1. The van der Waals surface area contributed by atoms with Gasteiger partial charge in [0.2, 0.25) is 0 Å². The summed E-state index contributed by atoms with van der Waals surface area (Å²) >= 11 is 0. The number of nitrogens with two attached hydrogens (primary N) is 1. The first-order chi connectivity index (χ1) is 5.74. The topological polar surface area (TPSA) is 66.9 Å². The van der Waals surface area contributed by atoms with Gasteiger partial charge in [0.05, 0.1) is 6.07 Å². The average Bonchev–Trinajstić information content (AvgIpc) is 2.03. The predicted molar refractivity (Wildman–Crippen MR) is 44.8 cm³/mol. The number of hydrogen-bond acceptors (Lipinski definition) is 3. The maximum Gasteiger partial charge on any atom is 0.160 e. The monoisotopic (exact) mass is 164 g/mol. The first kappa shape index (κ1) is 8.79. The van der Waals surface area contributed by atoms with Crippen molar-refractivity contribution in [2.45, 2.75) is 25.7 Å². The van der Waals surface area contributed by atoms with Gasteiger partial charge < -0.3 is 5.73 Å². The van der Waals surface area contributed by atoms with Crippen molar-refractivity contribution < 1.29 is 4.79 Å². The van der Waals surface area contributed by atoms with E-state index in [-0.39, 0.29) is 11.7 Å². The molecule has 64 valence electrons. The van der Waals surface area contributed by atoms with Gasteiger partial charge in [-0.25, -0.2) is 0 Å². The van der Waals surface area contributed by atoms with Crippen molar-refractivity contribution in [2.24, 2.45) is 11.7 Å². The molecule has 1 unspecified atom stereocenters. The number of nitrogens with zero attached hydrogens (tertiary/aromatic N) is 1. The quantitative estimate of drug-likeness (QED) is 0.664. The first-order valence-corrected chi connectivity index (χ1v) is 4.11. The highest BCUT2D eigenvalue weighted by Crippen LogP contribution is 2.21. The Bertz CT molecular complexity index is 250. The van der Waals surface area contributed by atoms with Crippen LogP contribution >= 0.6 is 0 Å². The molecular formula is C9H12N2O. The summed E-state index contributed by atoms with van der Waals surface area (Å²) in [6, 6.07) is 2.04. The number of rotatable bonds is 2. The molecule has 0 fully saturated rings. The van der Waals surface area contributed by atoms with Crippen LogP contribution in [0.15, 0.2) is 11.8 Å². The normalized spacial score (nSPS) is 23.1. The number of carbonyl (C=O) groups is 1. The van der Waals surface area contributed by atoms with Crippen molar-refractivity contribution in [3.63, 3.8) is 0 Å². The predicted octanol–water partition coefficient (Wildman–Crippen LogP) is 1.11. The van der Waals surface area contributed by atoms with Crippen molar-refractivity contribution in [3.05, 3.63) is 11.8 Å². The summed E-state index contributed by atoms with van der Waals surface area (Å²) in [4.78, 5) is 11.2. The fourth-order valence-corrected chi connectivity index (χ4v) is 1.38. The number of ketones is 1. The van der Waals surface area contributed by atoms with E-state index >= 15 is 0 Å². The third-order valence-electron chi connectivity index (χ3n) is 2.12. The van der Waals surface area contributed by atoms with Gasteiger partial charge in [-0.15, -0.1) is 0 Å². The number of hydrogen-bond donors (Lipinski definition) is 1. The highest BCUT2D eigenvalue weighted by atomic mass is 16.1. The fourth-order valence-electron chi connectivity index (χ4n) is 1.38. The third kappa shape index (κ3) is 2.09. The van der Waals surface area contributed by atoms with Crippen LogP contribution in [0.2, 0.25) is 0 Å². The zero-order valence-corrected chi connectivity index (χ0v) is 6.92. The molecule has 0 bridgehead atoms. The summed E-state index contributed by atoms with van der Waals surface area (Å²) in [5, 5.41) is 8.33. The molecule has 1 aliphatic rings. The Balaban J connectivity index is 2.49. The van der Waals surface area contributed by atoms with E-state index in [1.807, 2.05) is 6.07 Å². The molecule has 0 heterocycles. The highest BCUT2D eigenvalue weighted by Gasteiger charge is 2.20. The number of nitriles is 1. The molecule has 0 aliphatic heterocycles. The molecule has 0 radical (unpaired) electrons. The molecule has 3 heteroatoms. The minimum atomic E-state index is 0.0388. The van der Waals surface area contributed by atoms with Crippen molar-refractivity contribution in [2.75, 3.05) is 0 Å². The second-order valence-corrected chi connectivity index (χ2v) is 3.05. The minimum absolute atomic E-state index is 0.0388. The number of allylic oxidation sites excluding steroid dienone is 2. The molecule has 0 amide bonds. The smallest absolute Gasteiger partial charge is 0.160 e. The van der Waals surface area contributed by atoms with E-state index in [0.717, 1.165) is 12.8 Å². The summed E-state index contributed by atoms with van der Waals surface area (Å²) in [6.45, 7) is 0. The van der Waals surface area contributed by atoms with Crippen molar-refractivity contribution in [1.82, 2.24) is 0 Å². The minimum Gasteiger partial charge on any atom is -0.402 e. The molecule has 0 aromatic rings. The van der Waals surface area contributed by atoms with Gasteiger partial charge in [0, 0.05) is 24.1 Å². The molecule has 0 spiro atoms. The maximum atomic E-state index is 11.2. The summed E-state index contributed by atoms with van der Waals surface area (Å²) in [6.07, 6.45) is 4.25. The van der Waals surface area contributed by atoms with Gasteiger partial charge in [-0.3, -0.25) is 4.79 Å². The van der Waals surface area contributed by atoms with Crippen molar-refractivity contribution >= 4 is 5.78 Å². The zero-order valence-electron chi connectivity index (χ0n) is 6.92. The lowest BCUT2D eigenvalue weighted by molar-refractivity contribution is -0.119. The van der Waals surface area contributed by atoms with Crippen molar-refractivity contribution in [3.8, 4) is 6.07 Å². The van der Waals surface area contributed by atoms with Gasteiger partial charge in [-0.2, -0.15) is 5.26 Å². The van der Waals surface area contributed by atoms with Crippen LogP contribution in [0.4, 0.5) is 0 Å². The zero-order chi connectivity index (χ0) is 8.97. The second kappa shape index (κ2) is 3.91. The van der Waals surface area contributed by atoms with Gasteiger partial charge in [0.25, 0.3) is 0 Å². The molecule has 2 N–H and O–H groups in total. The Morgan fingerprint density at radius 3 is 3.08 bits per heavy atom. The van der Waals surface area contributed by atoms with E-state index in [4.69, 9.17) is 11.0 Å². The van der Waals surface area contributed by atoms with Gasteiger partial charge in [-0.1, -0.05) is 0 Å². The van der Waals surface area contributed by atoms with Crippen LogP contribution in [-0.4, -0.2) is 5.78 Å². The largest absolute Gasteiger partial charge is 0.402 e. The second-order valence-electron chi connectivity index (χ2n) is 3.05. The molecule has 0 aromatic heterocycles. The highest BCUT2D eigenvalue weighted by molar-refractivity contribution is 5.93. The van der Waals surface area contributed by atoms with Crippen LogP contribution in [0, 0.1) is 17.2 Å². The Hall–Kier alpha value is -1.30. The van der Waals surface area contributed by atoms with E-state index < -0.39 is 0 Å². The molecule has 3 nitrogen and oxygen atoms in total. The maximum absolute atomic E-state index is 11.2. The van der Waals surface area contributed by atoms with Gasteiger partial charge in [0.1, 0.15) is 0 Å². The van der Waals surface area contributed by atoms with Crippen LogP contribution in [0.5, 0.6) is 0 Å². The first-order valence-electron chi connectivity index (χ1n) is 4.11. The molecule has 12 heavy (non-hydrogen) atoms. The Morgan fingerprint density at radius 2 is 2.50 bits per heavy atom. The van der Waals surface area contributed by atoms with Gasteiger partial charge in [0.15, 0.2) is 5.78 Å². The molecule has 1 aliphatic carbocycles. The van der Waals surface area contributed by atoms with E-state index in [0.29, 0.717) is 18.5 Å². The summed E-state index contributed by atoms with van der Waals surface area (Å²) in [5.74, 6) is 0.131. The molecule has 0 aromatic carbocycles. The Kier molecular flexibility index (Phi) is 2.87. The summed E-state index contributed by atoms with van der Waals surface area (Å²) in [7, 11) is 0. The van der Waals surface area contributed by atoms with Crippen LogP contribution in [0.3, 0.4) is 0 Å². The molecule has 1 atom stereocenters. The van der Waals surface area contributed by atoms with E-state index in [1.54, 1.807) is 0 Å². The lowest BCUT2D eigenvalue weighted by Crippen LogP contribution is -2.19. The van der Waals surface area contributed by atoms with Gasteiger partial charge >= 0.3 is 0 Å². The standard InChI is InChI=1S/C9H12N2O/c10-5-1-2-7-3-4-8(11)6-9(7)12/h6-7H,1-4,11H2. The molecule has 1 rings (SSSR count). The van der Waals surface area contributed by atoms with E-state index in [9.17, 15) is 4.79 Å². The van der Waals surface area contributed by atoms with Crippen molar-refractivity contribution in [1.29, 1.82) is 5.26 Å². The fraction of sp³-hybridized carbons (Fsp3) is 0.556. The lowest BCUT2D eigenvalue weighted by atomic mass is 9.88. The lowest BCUT2D eigenvalue weighted by Gasteiger charge is -2.17. The van der Waals surface area contributed by atoms with E-state index in [1.165, 1.54) is 6.08 Å². The van der Waals surface area contributed by atoms with Crippen LogP contribution in [0.25, 0.3) is 0 Å². The summed E-state index contributed by atoms with van der Waals surface area (Å²) < 4.78 is 0. The molecule has 0 saturated heterocycles.